The molecule has 0 bridgehead atoms. The number of methoxy groups -OCH3 is 1. The minimum absolute atomic E-state index is 0.0719. The number of carbonyl (C=O) groups excluding carboxylic acids is 2. The molecule has 2 aromatic rings. The highest BCUT2D eigenvalue weighted by Gasteiger charge is 2.19. The van der Waals surface area contributed by atoms with Crippen LogP contribution in [0.2, 0.25) is 0 Å². The molecule has 3 N–H and O–H groups in total. The molecule has 160 valence electrons. The van der Waals surface area contributed by atoms with Crippen molar-refractivity contribution in [3.63, 3.8) is 0 Å². The SMILES string of the molecule is COCCOc1ccccc1C(=O)NC(=S)Nc1ccccc1C(=O)NC(C)(C)C. The Morgan fingerprint density at radius 1 is 0.933 bits per heavy atom. The third-order valence-electron chi connectivity index (χ3n) is 3.81. The van der Waals surface area contributed by atoms with Gasteiger partial charge in [-0.05, 0) is 57.3 Å². The van der Waals surface area contributed by atoms with Crippen molar-refractivity contribution in [3.05, 3.63) is 59.7 Å². The van der Waals surface area contributed by atoms with Crippen LogP contribution in [0.15, 0.2) is 48.5 Å². The van der Waals surface area contributed by atoms with Crippen LogP contribution in [0.5, 0.6) is 5.75 Å². The lowest BCUT2D eigenvalue weighted by Crippen LogP contribution is -2.41. The molecule has 0 spiro atoms. The number of amides is 2. The minimum atomic E-state index is -0.419. The Balaban J connectivity index is 2.09. The average molecular weight is 430 g/mol. The van der Waals surface area contributed by atoms with E-state index < -0.39 is 5.91 Å². The maximum atomic E-state index is 12.7. The van der Waals surface area contributed by atoms with E-state index in [0.717, 1.165) is 0 Å². The Morgan fingerprint density at radius 3 is 2.23 bits per heavy atom. The van der Waals surface area contributed by atoms with Crippen molar-refractivity contribution in [2.24, 2.45) is 0 Å². The largest absolute Gasteiger partial charge is 0.490 e. The molecule has 2 amide bonds. The van der Waals surface area contributed by atoms with Gasteiger partial charge >= 0.3 is 0 Å². The quantitative estimate of drug-likeness (QED) is 0.462. The molecular formula is C22H27N3O4S. The zero-order chi connectivity index (χ0) is 22.1. The Morgan fingerprint density at radius 2 is 1.57 bits per heavy atom. The van der Waals surface area contributed by atoms with Crippen molar-refractivity contribution in [3.8, 4) is 5.75 Å². The third-order valence-corrected chi connectivity index (χ3v) is 4.02. The van der Waals surface area contributed by atoms with Crippen LogP contribution in [0.4, 0.5) is 5.69 Å². The molecule has 0 fully saturated rings. The number of para-hydroxylation sites is 2. The van der Waals surface area contributed by atoms with E-state index in [0.29, 0.717) is 35.8 Å². The number of carbonyl (C=O) groups is 2. The lowest BCUT2D eigenvalue weighted by molar-refractivity contribution is 0.0919. The number of hydrogen-bond donors (Lipinski definition) is 3. The van der Waals surface area contributed by atoms with E-state index in [1.807, 2.05) is 20.8 Å². The van der Waals surface area contributed by atoms with Gasteiger partial charge in [-0.1, -0.05) is 24.3 Å². The van der Waals surface area contributed by atoms with Gasteiger partial charge in [0.15, 0.2) is 5.11 Å². The molecule has 0 aliphatic carbocycles. The fourth-order valence-electron chi connectivity index (χ4n) is 2.54. The van der Waals surface area contributed by atoms with Crippen LogP contribution < -0.4 is 20.7 Å². The third kappa shape index (κ3) is 7.13. The number of benzene rings is 2. The summed E-state index contributed by atoms with van der Waals surface area (Å²) in [6.45, 7) is 6.43. The number of anilines is 1. The first-order valence-electron chi connectivity index (χ1n) is 9.46. The van der Waals surface area contributed by atoms with E-state index in [1.165, 1.54) is 0 Å². The summed E-state index contributed by atoms with van der Waals surface area (Å²) in [6, 6.07) is 13.8. The van der Waals surface area contributed by atoms with Gasteiger partial charge in [0.1, 0.15) is 12.4 Å². The van der Waals surface area contributed by atoms with Gasteiger partial charge in [-0.3, -0.25) is 14.9 Å². The summed E-state index contributed by atoms with van der Waals surface area (Å²) in [5, 5.41) is 8.54. The summed E-state index contributed by atoms with van der Waals surface area (Å²) in [6.07, 6.45) is 0. The molecule has 0 saturated heterocycles. The summed E-state index contributed by atoms with van der Waals surface area (Å²) in [5.41, 5.74) is 0.879. The first kappa shape index (κ1) is 23.3. The summed E-state index contributed by atoms with van der Waals surface area (Å²) in [5.74, 6) is -0.228. The minimum Gasteiger partial charge on any atom is -0.490 e. The molecule has 2 aromatic carbocycles. The van der Waals surface area contributed by atoms with Crippen LogP contribution in [0.1, 0.15) is 41.5 Å². The fraction of sp³-hybridized carbons (Fsp3) is 0.318. The van der Waals surface area contributed by atoms with Crippen molar-refractivity contribution < 1.29 is 19.1 Å². The molecular weight excluding hydrogens is 402 g/mol. The Hall–Kier alpha value is -2.97. The van der Waals surface area contributed by atoms with E-state index in [9.17, 15) is 9.59 Å². The van der Waals surface area contributed by atoms with E-state index in [2.05, 4.69) is 16.0 Å². The molecule has 0 heterocycles. The second-order valence-corrected chi connectivity index (χ2v) is 7.90. The highest BCUT2D eigenvalue weighted by Crippen LogP contribution is 2.19. The van der Waals surface area contributed by atoms with Gasteiger partial charge in [0.25, 0.3) is 11.8 Å². The van der Waals surface area contributed by atoms with Gasteiger partial charge < -0.3 is 20.1 Å². The lowest BCUT2D eigenvalue weighted by Gasteiger charge is -2.22. The Kier molecular flexibility index (Phi) is 8.32. The normalized spacial score (nSPS) is 10.8. The van der Waals surface area contributed by atoms with Crippen LogP contribution in [0.25, 0.3) is 0 Å². The molecule has 0 aliphatic heterocycles. The lowest BCUT2D eigenvalue weighted by atomic mass is 10.1. The van der Waals surface area contributed by atoms with Crippen LogP contribution in [-0.2, 0) is 4.74 Å². The number of thiocarbonyl (C=S) groups is 1. The Labute approximate surface area is 182 Å². The smallest absolute Gasteiger partial charge is 0.261 e. The number of rotatable bonds is 7. The van der Waals surface area contributed by atoms with E-state index in [-0.39, 0.29) is 16.6 Å². The number of hydrogen-bond acceptors (Lipinski definition) is 5. The summed E-state index contributed by atoms with van der Waals surface area (Å²) < 4.78 is 10.6. The molecule has 0 atom stereocenters. The van der Waals surface area contributed by atoms with Crippen molar-refractivity contribution in [1.82, 2.24) is 10.6 Å². The monoisotopic (exact) mass is 429 g/mol. The van der Waals surface area contributed by atoms with Crippen molar-refractivity contribution in [2.75, 3.05) is 25.6 Å². The summed E-state index contributed by atoms with van der Waals surface area (Å²) in [4.78, 5) is 25.2. The van der Waals surface area contributed by atoms with E-state index in [1.54, 1.807) is 55.6 Å². The van der Waals surface area contributed by atoms with Crippen molar-refractivity contribution in [2.45, 2.75) is 26.3 Å². The van der Waals surface area contributed by atoms with Gasteiger partial charge in [0.05, 0.1) is 23.4 Å². The van der Waals surface area contributed by atoms with Gasteiger partial charge in [0.2, 0.25) is 0 Å². The van der Waals surface area contributed by atoms with Crippen molar-refractivity contribution >= 4 is 34.8 Å². The molecule has 8 heteroatoms. The summed E-state index contributed by atoms with van der Waals surface area (Å²) >= 11 is 5.28. The zero-order valence-corrected chi connectivity index (χ0v) is 18.4. The van der Waals surface area contributed by atoms with Crippen LogP contribution >= 0.6 is 12.2 Å². The molecule has 7 nitrogen and oxygen atoms in total. The second-order valence-electron chi connectivity index (χ2n) is 7.50. The molecule has 0 unspecified atom stereocenters. The first-order valence-corrected chi connectivity index (χ1v) is 9.87. The predicted molar refractivity (Wildman–Crippen MR) is 121 cm³/mol. The number of nitrogens with one attached hydrogen (secondary N) is 3. The van der Waals surface area contributed by atoms with Gasteiger partial charge in [-0.15, -0.1) is 0 Å². The zero-order valence-electron chi connectivity index (χ0n) is 17.6. The average Bonchev–Trinajstić information content (AvgIpc) is 2.67. The maximum absolute atomic E-state index is 12.7. The first-order chi connectivity index (χ1) is 14.2. The molecule has 0 saturated carbocycles. The molecule has 30 heavy (non-hydrogen) atoms. The van der Waals surface area contributed by atoms with Crippen LogP contribution in [0, 0.1) is 0 Å². The molecule has 0 aliphatic rings. The van der Waals surface area contributed by atoms with Crippen molar-refractivity contribution in [1.29, 1.82) is 0 Å². The fourth-order valence-corrected chi connectivity index (χ4v) is 2.74. The number of ether oxygens (including phenoxy) is 2. The highest BCUT2D eigenvalue weighted by molar-refractivity contribution is 7.80. The second kappa shape index (κ2) is 10.7. The molecule has 0 radical (unpaired) electrons. The van der Waals surface area contributed by atoms with Gasteiger partial charge in [0, 0.05) is 12.6 Å². The molecule has 0 aromatic heterocycles. The topological polar surface area (TPSA) is 88.7 Å². The van der Waals surface area contributed by atoms with Crippen LogP contribution in [-0.4, -0.2) is 42.8 Å². The van der Waals surface area contributed by atoms with Gasteiger partial charge in [-0.25, -0.2) is 0 Å². The summed E-state index contributed by atoms with van der Waals surface area (Å²) in [7, 11) is 1.58. The molecule has 2 rings (SSSR count). The standard InChI is InChI=1S/C22H27N3O4S/c1-22(2,3)25-20(27)15-9-5-7-11-17(15)23-21(30)24-19(26)16-10-6-8-12-18(16)29-14-13-28-4/h5-12H,13-14H2,1-4H3,(H,25,27)(H2,23,24,26,30). The van der Waals surface area contributed by atoms with E-state index >= 15 is 0 Å². The van der Waals surface area contributed by atoms with Crippen LogP contribution in [0.3, 0.4) is 0 Å². The Bertz CT molecular complexity index is 909. The highest BCUT2D eigenvalue weighted by atomic mass is 32.1. The predicted octanol–water partition coefficient (Wildman–Crippen LogP) is 3.37. The maximum Gasteiger partial charge on any atom is 0.261 e. The van der Waals surface area contributed by atoms with Gasteiger partial charge in [-0.2, -0.15) is 0 Å². The van der Waals surface area contributed by atoms with E-state index in [4.69, 9.17) is 21.7 Å².